The molecule has 3 atom stereocenters. The number of urea groups is 2. The van der Waals surface area contributed by atoms with Crippen LogP contribution >= 0.6 is 0 Å². The molecule has 4 N–H and O–H groups in total. The van der Waals surface area contributed by atoms with Gasteiger partial charge in [-0.15, -0.1) is 0 Å². The molecular formula is C35H41N5O6. The van der Waals surface area contributed by atoms with Crippen LogP contribution in [-0.4, -0.2) is 56.8 Å². The molecule has 0 aliphatic carbocycles. The number of carboxylic acids is 1. The van der Waals surface area contributed by atoms with E-state index in [0.717, 1.165) is 10.5 Å². The van der Waals surface area contributed by atoms with Gasteiger partial charge >= 0.3 is 18.0 Å². The molecule has 4 rings (SSSR count). The second kappa shape index (κ2) is 14.3. The van der Waals surface area contributed by atoms with Crippen LogP contribution in [0, 0.1) is 12.8 Å². The molecule has 1 aliphatic rings. The van der Waals surface area contributed by atoms with E-state index in [-0.39, 0.29) is 25.3 Å². The van der Waals surface area contributed by atoms with Crippen molar-refractivity contribution in [1.29, 1.82) is 0 Å². The Labute approximate surface area is 269 Å². The van der Waals surface area contributed by atoms with E-state index in [4.69, 9.17) is 0 Å². The highest BCUT2D eigenvalue weighted by atomic mass is 16.4. The molecule has 11 heteroatoms. The van der Waals surface area contributed by atoms with Crippen molar-refractivity contribution >= 4 is 41.2 Å². The zero-order valence-corrected chi connectivity index (χ0v) is 26.7. The Hall–Kier alpha value is -5.19. The Morgan fingerprint density at radius 1 is 0.870 bits per heavy atom. The minimum absolute atomic E-state index is 0.0492. The topological polar surface area (TPSA) is 148 Å². The van der Waals surface area contributed by atoms with E-state index in [0.29, 0.717) is 22.5 Å². The smallest absolute Gasteiger partial charge is 0.329 e. The van der Waals surface area contributed by atoms with Crippen molar-refractivity contribution in [3.63, 3.8) is 0 Å². The lowest BCUT2D eigenvalue weighted by molar-refractivity contribution is -0.141. The number of benzene rings is 3. The molecule has 1 heterocycles. The lowest BCUT2D eigenvalue weighted by atomic mass is 9.89. The van der Waals surface area contributed by atoms with Gasteiger partial charge in [0, 0.05) is 24.0 Å². The molecule has 0 unspecified atom stereocenters. The number of nitrogens with zero attached hydrogens (tertiary/aromatic N) is 2. The molecule has 46 heavy (non-hydrogen) atoms. The molecule has 3 aromatic carbocycles. The maximum absolute atomic E-state index is 14.3. The van der Waals surface area contributed by atoms with E-state index in [1.807, 2.05) is 51.1 Å². The average Bonchev–Trinajstić information content (AvgIpc) is 3.18. The van der Waals surface area contributed by atoms with Gasteiger partial charge in [0.25, 0.3) is 5.91 Å². The van der Waals surface area contributed by atoms with E-state index >= 15 is 0 Å². The summed E-state index contributed by atoms with van der Waals surface area (Å²) in [6, 6.07) is 20.5. The number of para-hydroxylation sites is 1. The number of nitrogens with one attached hydrogen (secondary N) is 3. The maximum Gasteiger partial charge on any atom is 0.329 e. The normalized spacial score (nSPS) is 17.5. The fourth-order valence-electron chi connectivity index (χ4n) is 5.60. The molecular weight excluding hydrogens is 586 g/mol. The molecule has 6 amide bonds. The lowest BCUT2D eigenvalue weighted by Gasteiger charge is -2.32. The van der Waals surface area contributed by atoms with E-state index < -0.39 is 47.5 Å². The SMILES string of the molecule is Cc1ccccc1NC(=O)Nc1ccc(CN2C(=O)N([C@@H](CC(C)C)C(=O)N[C@H](C)CC(=O)O)C(=O)[C@]2(C)c2ccccc2)cc1. The quantitative estimate of drug-likeness (QED) is 0.189. The maximum atomic E-state index is 14.3. The number of aryl methyl sites for hydroxylation is 1. The van der Waals surface area contributed by atoms with Crippen molar-refractivity contribution in [2.24, 2.45) is 5.92 Å². The zero-order valence-electron chi connectivity index (χ0n) is 26.7. The van der Waals surface area contributed by atoms with Crippen molar-refractivity contribution in [1.82, 2.24) is 15.1 Å². The van der Waals surface area contributed by atoms with Gasteiger partial charge < -0.3 is 26.0 Å². The third-order valence-electron chi connectivity index (χ3n) is 8.07. The molecule has 0 radical (unpaired) electrons. The van der Waals surface area contributed by atoms with Crippen LogP contribution in [0.2, 0.25) is 0 Å². The molecule has 242 valence electrons. The van der Waals surface area contributed by atoms with Crippen LogP contribution in [0.4, 0.5) is 21.0 Å². The number of hydrogen-bond donors (Lipinski definition) is 4. The van der Waals surface area contributed by atoms with Gasteiger partial charge in [-0.2, -0.15) is 0 Å². The lowest BCUT2D eigenvalue weighted by Crippen LogP contribution is -2.53. The van der Waals surface area contributed by atoms with Crippen molar-refractivity contribution in [2.45, 2.75) is 71.6 Å². The van der Waals surface area contributed by atoms with Gasteiger partial charge in [-0.1, -0.05) is 74.5 Å². The number of carbonyl (C=O) groups is 5. The number of carboxylic acid groups (broad SMARTS) is 1. The highest BCUT2D eigenvalue weighted by molar-refractivity contribution is 6.10. The van der Waals surface area contributed by atoms with Crippen molar-refractivity contribution < 1.29 is 29.1 Å². The molecule has 0 aromatic heterocycles. The van der Waals surface area contributed by atoms with E-state index in [2.05, 4.69) is 16.0 Å². The van der Waals surface area contributed by atoms with Crippen molar-refractivity contribution in [3.8, 4) is 0 Å². The predicted molar refractivity (Wildman–Crippen MR) is 175 cm³/mol. The summed E-state index contributed by atoms with van der Waals surface area (Å²) in [5.74, 6) is -2.24. The third-order valence-corrected chi connectivity index (χ3v) is 8.07. The van der Waals surface area contributed by atoms with Crippen LogP contribution in [0.15, 0.2) is 78.9 Å². The van der Waals surface area contributed by atoms with Crippen LogP contribution in [0.1, 0.15) is 57.2 Å². The molecule has 1 fully saturated rings. The first kappa shape index (κ1) is 33.7. The highest BCUT2D eigenvalue weighted by Crippen LogP contribution is 2.40. The summed E-state index contributed by atoms with van der Waals surface area (Å²) >= 11 is 0. The van der Waals surface area contributed by atoms with Crippen LogP contribution < -0.4 is 16.0 Å². The highest BCUT2D eigenvalue weighted by Gasteiger charge is 2.58. The van der Waals surface area contributed by atoms with Gasteiger partial charge in [-0.3, -0.25) is 14.4 Å². The van der Waals surface area contributed by atoms with Gasteiger partial charge in [0.2, 0.25) is 5.91 Å². The third kappa shape index (κ3) is 7.53. The summed E-state index contributed by atoms with van der Waals surface area (Å²) in [5.41, 5.74) is 2.02. The van der Waals surface area contributed by atoms with Gasteiger partial charge in [0.15, 0.2) is 0 Å². The van der Waals surface area contributed by atoms with E-state index in [9.17, 15) is 29.1 Å². The Balaban J connectivity index is 1.60. The molecule has 1 saturated heterocycles. The largest absolute Gasteiger partial charge is 0.481 e. The number of amides is 6. The van der Waals surface area contributed by atoms with Crippen molar-refractivity contribution in [2.75, 3.05) is 10.6 Å². The zero-order chi connectivity index (χ0) is 33.6. The first-order valence-corrected chi connectivity index (χ1v) is 15.3. The second-order valence-electron chi connectivity index (χ2n) is 12.2. The Morgan fingerprint density at radius 2 is 1.50 bits per heavy atom. The molecule has 3 aromatic rings. The average molecular weight is 628 g/mol. The summed E-state index contributed by atoms with van der Waals surface area (Å²) in [5, 5.41) is 17.5. The standard InChI is InChI=1S/C35H41N5O6/c1-22(2)19-29(31(43)36-24(4)20-30(41)42)40-32(44)35(5,26-12-7-6-8-13-26)39(34(40)46)21-25-15-17-27(18-16-25)37-33(45)38-28-14-10-9-11-23(28)3/h6-18,22,24,29H,19-21H2,1-5H3,(H,36,43)(H,41,42)(H2,37,38,45)/t24-,29+,35+/m1/s1. The number of rotatable bonds is 12. The van der Waals surface area contributed by atoms with Crippen LogP contribution in [-0.2, 0) is 26.5 Å². The number of carbonyl (C=O) groups excluding carboxylic acids is 4. The van der Waals surface area contributed by atoms with Crippen LogP contribution in [0.5, 0.6) is 0 Å². The van der Waals surface area contributed by atoms with E-state index in [1.54, 1.807) is 62.4 Å². The van der Waals surface area contributed by atoms with Gasteiger partial charge in [0.05, 0.1) is 6.42 Å². The number of hydrogen-bond acceptors (Lipinski definition) is 5. The summed E-state index contributed by atoms with van der Waals surface area (Å²) in [6.07, 6.45) is -0.0962. The second-order valence-corrected chi connectivity index (χ2v) is 12.2. The molecule has 0 saturated carbocycles. The first-order valence-electron chi connectivity index (χ1n) is 15.3. The molecule has 0 spiro atoms. The summed E-state index contributed by atoms with van der Waals surface area (Å²) in [7, 11) is 0. The Morgan fingerprint density at radius 3 is 2.11 bits per heavy atom. The van der Waals surface area contributed by atoms with Crippen LogP contribution in [0.25, 0.3) is 0 Å². The summed E-state index contributed by atoms with van der Waals surface area (Å²) in [6.45, 7) is 8.96. The monoisotopic (exact) mass is 627 g/mol. The Kier molecular flexibility index (Phi) is 10.5. The fourth-order valence-corrected chi connectivity index (χ4v) is 5.60. The minimum atomic E-state index is -1.43. The first-order chi connectivity index (χ1) is 21.8. The molecule has 1 aliphatic heterocycles. The van der Waals surface area contributed by atoms with Gasteiger partial charge in [0.1, 0.15) is 11.6 Å². The summed E-state index contributed by atoms with van der Waals surface area (Å²) < 4.78 is 0. The number of aliphatic carboxylic acids is 1. The van der Waals surface area contributed by atoms with Gasteiger partial charge in [-0.25, -0.2) is 14.5 Å². The van der Waals surface area contributed by atoms with Gasteiger partial charge in [-0.05, 0) is 68.0 Å². The number of anilines is 2. The number of imide groups is 1. The minimum Gasteiger partial charge on any atom is -0.481 e. The van der Waals surface area contributed by atoms with Crippen LogP contribution in [0.3, 0.4) is 0 Å². The molecule has 0 bridgehead atoms. The predicted octanol–water partition coefficient (Wildman–Crippen LogP) is 5.71. The fraction of sp³-hybridized carbons (Fsp3) is 0.343. The molecule has 11 nitrogen and oxygen atoms in total. The Bertz CT molecular complexity index is 1590. The van der Waals surface area contributed by atoms with E-state index in [1.165, 1.54) is 4.90 Å². The van der Waals surface area contributed by atoms with Crippen molar-refractivity contribution in [3.05, 3.63) is 95.6 Å². The summed E-state index contributed by atoms with van der Waals surface area (Å²) in [4.78, 5) is 68.3.